The number of halogens is 5. The zero-order valence-corrected chi connectivity index (χ0v) is 9.24. The molecule has 96 valence electrons. The molecule has 0 saturated heterocycles. The Morgan fingerprint density at radius 1 is 1.12 bits per heavy atom. The minimum Gasteiger partial charge on any atom is -0.490 e. The summed E-state index contributed by atoms with van der Waals surface area (Å²) >= 11 is 0. The molecule has 0 heterocycles. The summed E-state index contributed by atoms with van der Waals surface area (Å²) in [5.74, 6) is -2.24. The molecule has 1 aromatic rings. The highest BCUT2D eigenvalue weighted by Gasteiger charge is 2.48. The summed E-state index contributed by atoms with van der Waals surface area (Å²) in [4.78, 5) is 0. The van der Waals surface area contributed by atoms with Crippen molar-refractivity contribution in [2.45, 2.75) is 20.0 Å². The summed E-state index contributed by atoms with van der Waals surface area (Å²) < 4.78 is 67.7. The van der Waals surface area contributed by atoms with E-state index in [-0.39, 0.29) is 0 Å². The van der Waals surface area contributed by atoms with Gasteiger partial charge in [0.25, 0.3) is 0 Å². The first kappa shape index (κ1) is 13.7. The summed E-state index contributed by atoms with van der Waals surface area (Å²) in [6.07, 6.45) is -4.45. The molecule has 0 saturated carbocycles. The quantitative estimate of drug-likeness (QED) is 0.742. The third-order valence-electron chi connectivity index (χ3n) is 2.25. The lowest BCUT2D eigenvalue weighted by Crippen LogP contribution is -2.37. The van der Waals surface area contributed by atoms with E-state index in [1.165, 1.54) is 0 Å². The molecule has 1 aromatic carbocycles. The standard InChI is InChI=1S/C11H11F5O/c1-10(2,11(14,15)16)6-17-9-4-3-7(12)5-8(9)13/h3-5H,6H2,1-2H3. The highest BCUT2D eigenvalue weighted by molar-refractivity contribution is 5.24. The first-order chi connectivity index (χ1) is 7.63. The second kappa shape index (κ2) is 4.50. The predicted molar refractivity (Wildman–Crippen MR) is 51.7 cm³/mol. The van der Waals surface area contributed by atoms with Crippen LogP contribution in [0.15, 0.2) is 18.2 Å². The molecule has 1 rings (SSSR count). The fourth-order valence-corrected chi connectivity index (χ4v) is 0.932. The van der Waals surface area contributed by atoms with E-state index < -0.39 is 35.6 Å². The van der Waals surface area contributed by atoms with Gasteiger partial charge in [0.15, 0.2) is 11.6 Å². The first-order valence-corrected chi connectivity index (χ1v) is 4.78. The Morgan fingerprint density at radius 3 is 2.18 bits per heavy atom. The second-order valence-electron chi connectivity index (χ2n) is 4.25. The lowest BCUT2D eigenvalue weighted by atomic mass is 9.94. The van der Waals surface area contributed by atoms with Gasteiger partial charge < -0.3 is 4.74 Å². The zero-order chi connectivity index (χ0) is 13.3. The van der Waals surface area contributed by atoms with Crippen LogP contribution >= 0.6 is 0 Å². The molecular weight excluding hydrogens is 243 g/mol. The highest BCUT2D eigenvalue weighted by Crippen LogP contribution is 2.37. The molecular formula is C11H11F5O. The normalized spacial score (nSPS) is 12.6. The Kier molecular flexibility index (Phi) is 3.64. The number of rotatable bonds is 3. The van der Waals surface area contributed by atoms with E-state index in [0.717, 1.165) is 26.0 Å². The topological polar surface area (TPSA) is 9.23 Å². The summed E-state index contributed by atoms with van der Waals surface area (Å²) in [6.45, 7) is 1.14. The summed E-state index contributed by atoms with van der Waals surface area (Å²) in [7, 11) is 0. The van der Waals surface area contributed by atoms with Crippen LogP contribution in [0.1, 0.15) is 13.8 Å². The van der Waals surface area contributed by atoms with E-state index in [1.807, 2.05) is 0 Å². The Morgan fingerprint density at radius 2 is 1.71 bits per heavy atom. The highest BCUT2D eigenvalue weighted by atomic mass is 19.4. The number of alkyl halides is 3. The van der Waals surface area contributed by atoms with Crippen molar-refractivity contribution in [3.8, 4) is 5.75 Å². The third kappa shape index (κ3) is 3.31. The van der Waals surface area contributed by atoms with E-state index in [0.29, 0.717) is 6.07 Å². The van der Waals surface area contributed by atoms with E-state index in [1.54, 1.807) is 0 Å². The molecule has 0 atom stereocenters. The fraction of sp³-hybridized carbons (Fsp3) is 0.455. The second-order valence-corrected chi connectivity index (χ2v) is 4.25. The first-order valence-electron chi connectivity index (χ1n) is 4.78. The molecule has 0 fully saturated rings. The predicted octanol–water partition coefficient (Wildman–Crippen LogP) is 3.93. The molecule has 1 nitrogen and oxygen atoms in total. The minimum absolute atomic E-state index is 0.399. The van der Waals surface area contributed by atoms with E-state index in [9.17, 15) is 22.0 Å². The van der Waals surface area contributed by atoms with Gasteiger partial charge in [-0.05, 0) is 26.0 Å². The van der Waals surface area contributed by atoms with Gasteiger partial charge in [0.1, 0.15) is 12.4 Å². The maximum atomic E-state index is 13.1. The molecule has 6 heteroatoms. The Labute approximate surface area is 95.2 Å². The van der Waals surface area contributed by atoms with Crippen molar-refractivity contribution < 1.29 is 26.7 Å². The van der Waals surface area contributed by atoms with Crippen molar-refractivity contribution in [1.82, 2.24) is 0 Å². The lowest BCUT2D eigenvalue weighted by Gasteiger charge is -2.27. The Hall–Kier alpha value is -1.33. The van der Waals surface area contributed by atoms with Crippen LogP contribution in [0.3, 0.4) is 0 Å². The van der Waals surface area contributed by atoms with Gasteiger partial charge in [-0.15, -0.1) is 0 Å². The molecule has 0 bridgehead atoms. The van der Waals surface area contributed by atoms with Crippen molar-refractivity contribution in [3.63, 3.8) is 0 Å². The van der Waals surface area contributed by atoms with Gasteiger partial charge in [-0.25, -0.2) is 8.78 Å². The minimum atomic E-state index is -4.45. The van der Waals surface area contributed by atoms with Crippen molar-refractivity contribution in [1.29, 1.82) is 0 Å². The van der Waals surface area contributed by atoms with Crippen molar-refractivity contribution in [2.24, 2.45) is 5.41 Å². The van der Waals surface area contributed by atoms with Crippen molar-refractivity contribution >= 4 is 0 Å². The summed E-state index contributed by atoms with van der Waals surface area (Å²) in [5.41, 5.74) is -2.10. The zero-order valence-electron chi connectivity index (χ0n) is 9.24. The SMILES string of the molecule is CC(C)(COc1ccc(F)cc1F)C(F)(F)F. The van der Waals surface area contributed by atoms with Crippen molar-refractivity contribution in [3.05, 3.63) is 29.8 Å². The van der Waals surface area contributed by atoms with E-state index in [4.69, 9.17) is 4.74 Å². The van der Waals surface area contributed by atoms with Gasteiger partial charge in [0, 0.05) is 6.07 Å². The number of hydrogen-bond acceptors (Lipinski definition) is 1. The maximum absolute atomic E-state index is 13.1. The molecule has 17 heavy (non-hydrogen) atoms. The van der Waals surface area contributed by atoms with Crippen LogP contribution < -0.4 is 4.74 Å². The molecule has 0 N–H and O–H groups in total. The average Bonchev–Trinajstić information content (AvgIpc) is 2.14. The number of hydrogen-bond donors (Lipinski definition) is 0. The van der Waals surface area contributed by atoms with Crippen LogP contribution in [-0.4, -0.2) is 12.8 Å². The Balaban J connectivity index is 2.74. The number of benzene rings is 1. The lowest BCUT2D eigenvalue weighted by molar-refractivity contribution is -0.219. The summed E-state index contributed by atoms with van der Waals surface area (Å²) in [5, 5.41) is 0. The van der Waals surface area contributed by atoms with Crippen LogP contribution in [-0.2, 0) is 0 Å². The van der Waals surface area contributed by atoms with Gasteiger partial charge in [0.05, 0.1) is 5.41 Å². The van der Waals surface area contributed by atoms with Gasteiger partial charge in [-0.2, -0.15) is 13.2 Å². The molecule has 0 unspecified atom stereocenters. The smallest absolute Gasteiger partial charge is 0.397 e. The van der Waals surface area contributed by atoms with Crippen LogP contribution in [0.5, 0.6) is 5.75 Å². The van der Waals surface area contributed by atoms with Crippen LogP contribution in [0.2, 0.25) is 0 Å². The van der Waals surface area contributed by atoms with Gasteiger partial charge in [-0.3, -0.25) is 0 Å². The third-order valence-corrected chi connectivity index (χ3v) is 2.25. The molecule has 0 aliphatic heterocycles. The van der Waals surface area contributed by atoms with Crippen LogP contribution in [0, 0.1) is 17.0 Å². The number of ether oxygens (including phenoxy) is 1. The maximum Gasteiger partial charge on any atom is 0.397 e. The monoisotopic (exact) mass is 254 g/mol. The molecule has 0 amide bonds. The molecule has 0 aliphatic carbocycles. The Bertz CT molecular complexity index is 397. The van der Waals surface area contributed by atoms with Crippen molar-refractivity contribution in [2.75, 3.05) is 6.61 Å². The van der Waals surface area contributed by atoms with Crippen LogP contribution in [0.25, 0.3) is 0 Å². The molecule has 0 spiro atoms. The largest absolute Gasteiger partial charge is 0.490 e. The summed E-state index contributed by atoms with van der Waals surface area (Å²) in [6, 6.07) is 2.42. The molecule has 0 radical (unpaired) electrons. The fourth-order valence-electron chi connectivity index (χ4n) is 0.932. The average molecular weight is 254 g/mol. The van der Waals surface area contributed by atoms with Gasteiger partial charge in [0.2, 0.25) is 0 Å². The van der Waals surface area contributed by atoms with Gasteiger partial charge >= 0.3 is 6.18 Å². The van der Waals surface area contributed by atoms with Crippen LogP contribution in [0.4, 0.5) is 22.0 Å². The molecule has 0 aliphatic rings. The van der Waals surface area contributed by atoms with Gasteiger partial charge in [-0.1, -0.05) is 0 Å². The molecule has 0 aromatic heterocycles. The van der Waals surface area contributed by atoms with E-state index >= 15 is 0 Å². The van der Waals surface area contributed by atoms with E-state index in [2.05, 4.69) is 0 Å².